The molecular formula is C56H103N3O8. The van der Waals surface area contributed by atoms with Gasteiger partial charge < -0.3 is 24.3 Å². The summed E-state index contributed by atoms with van der Waals surface area (Å²) < 4.78 is 22.7. The van der Waals surface area contributed by atoms with E-state index >= 15 is 0 Å². The number of amides is 2. The number of guanidine groups is 1. The Morgan fingerprint density at radius 1 is 0.478 bits per heavy atom. The third-order valence-corrected chi connectivity index (χ3v) is 11.0. The van der Waals surface area contributed by atoms with Crippen LogP contribution < -0.4 is 10.6 Å². The van der Waals surface area contributed by atoms with Gasteiger partial charge >= 0.3 is 24.1 Å². The number of nitrogens with one attached hydrogen (secondary N) is 2. The summed E-state index contributed by atoms with van der Waals surface area (Å²) in [6.45, 7) is 20.1. The van der Waals surface area contributed by atoms with Crippen molar-refractivity contribution in [2.24, 2.45) is 4.99 Å². The van der Waals surface area contributed by atoms with Crippen LogP contribution in [0.5, 0.6) is 0 Å². The molecule has 0 radical (unpaired) electrons. The Balaban J connectivity index is 5.72. The molecule has 11 heteroatoms. The maximum Gasteiger partial charge on any atom is 0.437 e. The molecule has 0 spiro atoms. The SMILES string of the molecule is CCCCCCCC/C=C\CCCCCCCCC(CCCCCCC/C=C\CCCCCCCC)OC(=O)[C@H](CCC(=O)OC(C)(C)C)N/C(=N/C(=O)OC(C)(C)C)NC(=O)OC(C)(C)C. The molecule has 1 unspecified atom stereocenters. The summed E-state index contributed by atoms with van der Waals surface area (Å²) >= 11 is 0. The summed E-state index contributed by atoms with van der Waals surface area (Å²) in [6.07, 6.45) is 41.3. The second-order valence-electron chi connectivity index (χ2n) is 21.5. The average Bonchev–Trinajstić information content (AvgIpc) is 3.21. The monoisotopic (exact) mass is 946 g/mol. The number of alkyl carbamates (subject to hydrolysis) is 1. The summed E-state index contributed by atoms with van der Waals surface area (Å²) in [5, 5.41) is 5.37. The van der Waals surface area contributed by atoms with Crippen LogP contribution in [0.4, 0.5) is 9.59 Å². The van der Waals surface area contributed by atoms with E-state index in [2.05, 4.69) is 53.8 Å². The smallest absolute Gasteiger partial charge is 0.437 e. The molecule has 2 atom stereocenters. The van der Waals surface area contributed by atoms with E-state index in [0.717, 1.165) is 64.2 Å². The Kier molecular flexibility index (Phi) is 37.5. The van der Waals surface area contributed by atoms with Crippen LogP contribution in [0.1, 0.15) is 275 Å². The molecule has 0 heterocycles. The van der Waals surface area contributed by atoms with Crippen LogP contribution in [-0.4, -0.2) is 59.0 Å². The predicted octanol–water partition coefficient (Wildman–Crippen LogP) is 16.3. The van der Waals surface area contributed by atoms with Gasteiger partial charge in [0.05, 0.1) is 0 Å². The van der Waals surface area contributed by atoms with Crippen molar-refractivity contribution in [3.8, 4) is 0 Å². The average molecular weight is 946 g/mol. The van der Waals surface area contributed by atoms with E-state index in [-0.39, 0.29) is 24.9 Å². The molecule has 67 heavy (non-hydrogen) atoms. The van der Waals surface area contributed by atoms with Gasteiger partial charge in [-0.05, 0) is 146 Å². The van der Waals surface area contributed by atoms with E-state index < -0.39 is 47.0 Å². The minimum atomic E-state index is -1.15. The predicted molar refractivity (Wildman–Crippen MR) is 278 cm³/mol. The molecule has 0 fully saturated rings. The first-order chi connectivity index (χ1) is 31.7. The normalized spacial score (nSPS) is 13.4. The number of rotatable bonds is 37. The van der Waals surface area contributed by atoms with Crippen molar-refractivity contribution in [3.63, 3.8) is 0 Å². The Morgan fingerprint density at radius 2 is 0.851 bits per heavy atom. The lowest BCUT2D eigenvalue weighted by molar-refractivity contribution is -0.156. The van der Waals surface area contributed by atoms with Crippen LogP contribution in [-0.2, 0) is 28.5 Å². The van der Waals surface area contributed by atoms with Crippen LogP contribution in [0.15, 0.2) is 29.3 Å². The largest absolute Gasteiger partial charge is 0.461 e. The molecule has 0 aliphatic heterocycles. The maximum atomic E-state index is 14.2. The van der Waals surface area contributed by atoms with Gasteiger partial charge in [-0.2, -0.15) is 0 Å². The third-order valence-electron chi connectivity index (χ3n) is 11.0. The molecule has 0 saturated carbocycles. The Morgan fingerprint density at radius 3 is 1.24 bits per heavy atom. The molecule has 2 amide bonds. The van der Waals surface area contributed by atoms with Gasteiger partial charge in [0.2, 0.25) is 5.96 Å². The molecule has 0 rings (SSSR count). The Bertz CT molecular complexity index is 1370. The molecule has 0 aliphatic carbocycles. The first-order valence-electron chi connectivity index (χ1n) is 27.0. The molecular weight excluding hydrogens is 843 g/mol. The third kappa shape index (κ3) is 44.9. The molecule has 0 saturated heterocycles. The highest BCUT2D eigenvalue weighted by atomic mass is 16.6. The lowest BCUT2D eigenvalue weighted by atomic mass is 10.0. The van der Waals surface area contributed by atoms with Crippen LogP contribution in [0.25, 0.3) is 0 Å². The molecule has 0 bridgehead atoms. The van der Waals surface area contributed by atoms with Crippen molar-refractivity contribution < 1.29 is 38.1 Å². The number of hydrogen-bond donors (Lipinski definition) is 2. The molecule has 2 N–H and O–H groups in total. The van der Waals surface area contributed by atoms with Gasteiger partial charge in [0.1, 0.15) is 28.9 Å². The van der Waals surface area contributed by atoms with Crippen molar-refractivity contribution in [1.29, 1.82) is 0 Å². The first-order valence-corrected chi connectivity index (χ1v) is 27.0. The Hall–Kier alpha value is -3.37. The van der Waals surface area contributed by atoms with E-state index in [1.807, 2.05) is 0 Å². The van der Waals surface area contributed by atoms with Gasteiger partial charge in [0, 0.05) is 6.42 Å². The highest BCUT2D eigenvalue weighted by molar-refractivity contribution is 6.00. The van der Waals surface area contributed by atoms with Crippen molar-refractivity contribution in [3.05, 3.63) is 24.3 Å². The zero-order valence-corrected chi connectivity index (χ0v) is 45.1. The summed E-state index contributed by atoms with van der Waals surface area (Å²) in [7, 11) is 0. The lowest BCUT2D eigenvalue weighted by Crippen LogP contribution is -2.51. The summed E-state index contributed by atoms with van der Waals surface area (Å²) in [6, 6.07) is -1.15. The quantitative estimate of drug-likeness (QED) is 0.0155. The van der Waals surface area contributed by atoms with Crippen molar-refractivity contribution in [1.82, 2.24) is 10.6 Å². The van der Waals surface area contributed by atoms with Gasteiger partial charge in [-0.15, -0.1) is 4.99 Å². The van der Waals surface area contributed by atoms with E-state index in [1.165, 1.54) is 122 Å². The summed E-state index contributed by atoms with van der Waals surface area (Å²) in [5.41, 5.74) is -2.44. The highest BCUT2D eigenvalue weighted by Gasteiger charge is 2.29. The van der Waals surface area contributed by atoms with Gasteiger partial charge in [-0.3, -0.25) is 10.1 Å². The molecule has 0 aliphatic rings. The number of unbranched alkanes of at least 4 members (excludes halogenated alkanes) is 23. The van der Waals surface area contributed by atoms with Crippen molar-refractivity contribution in [2.75, 3.05) is 0 Å². The van der Waals surface area contributed by atoms with Crippen LogP contribution in [0, 0.1) is 0 Å². The zero-order valence-electron chi connectivity index (χ0n) is 45.1. The van der Waals surface area contributed by atoms with Gasteiger partial charge in [-0.1, -0.05) is 147 Å². The number of ether oxygens (including phenoxy) is 4. The molecule has 0 aromatic rings. The number of nitrogens with zero attached hydrogens (tertiary/aromatic N) is 1. The topological polar surface area (TPSA) is 142 Å². The maximum absolute atomic E-state index is 14.2. The number of carbonyl (C=O) groups excluding carboxylic acids is 4. The molecule has 0 aromatic carbocycles. The number of esters is 2. The van der Waals surface area contributed by atoms with E-state index in [1.54, 1.807) is 62.3 Å². The van der Waals surface area contributed by atoms with E-state index in [9.17, 15) is 19.2 Å². The van der Waals surface area contributed by atoms with Gasteiger partial charge in [-0.25, -0.2) is 14.4 Å². The van der Waals surface area contributed by atoms with Crippen LogP contribution >= 0.6 is 0 Å². The minimum Gasteiger partial charge on any atom is -0.461 e. The summed E-state index contributed by atoms with van der Waals surface area (Å²) in [5.74, 6) is -1.45. The second-order valence-corrected chi connectivity index (χ2v) is 21.5. The Labute approximate surface area is 411 Å². The van der Waals surface area contributed by atoms with Gasteiger partial charge in [0.15, 0.2) is 0 Å². The lowest BCUT2D eigenvalue weighted by Gasteiger charge is -2.26. The minimum absolute atomic E-state index is 0.0363. The van der Waals surface area contributed by atoms with Crippen LogP contribution in [0.3, 0.4) is 0 Å². The number of carbonyl (C=O) groups is 4. The van der Waals surface area contributed by atoms with E-state index in [4.69, 9.17) is 18.9 Å². The molecule has 0 aromatic heterocycles. The fourth-order valence-electron chi connectivity index (χ4n) is 7.51. The van der Waals surface area contributed by atoms with E-state index in [0.29, 0.717) is 0 Å². The fourth-order valence-corrected chi connectivity index (χ4v) is 7.51. The summed E-state index contributed by atoms with van der Waals surface area (Å²) in [4.78, 5) is 56.9. The highest BCUT2D eigenvalue weighted by Crippen LogP contribution is 2.20. The molecule has 390 valence electrons. The first kappa shape index (κ1) is 63.6. The number of aliphatic imine (C=N–C) groups is 1. The van der Waals surface area contributed by atoms with Crippen molar-refractivity contribution >= 4 is 30.1 Å². The fraction of sp³-hybridized carbons (Fsp3) is 0.839. The van der Waals surface area contributed by atoms with Gasteiger partial charge in [0.25, 0.3) is 0 Å². The van der Waals surface area contributed by atoms with Crippen LogP contribution in [0.2, 0.25) is 0 Å². The second kappa shape index (κ2) is 39.5. The van der Waals surface area contributed by atoms with Crippen molar-refractivity contribution in [2.45, 2.75) is 304 Å². The number of hydrogen-bond acceptors (Lipinski definition) is 8. The zero-order chi connectivity index (χ0) is 50.2. The number of allylic oxidation sites excluding steroid dienone is 4. The molecule has 11 nitrogen and oxygen atoms in total. The standard InChI is InChI=1S/C56H103N3O8/c1-12-14-16-18-20-22-24-26-28-30-32-34-36-38-40-42-44-47(43-41-39-37-35-33-31-29-27-25-23-21-19-17-15-13-2)64-50(61)48(45-46-49(60)65-54(3,4)5)57-51(58-52(62)66-55(6,7)8)59-53(63)67-56(9,10)11/h26-29,47-48H,12-25,30-46H2,1-11H3,(H2,57,58,59,62,63)/b28-26-,29-27-/t47?,48-/m0/s1.